The standard InChI is InChI=1S/C10H9NO3/c1-13-8-4-2-3-7(5-8)10-11-9(12)6-14-10/h2-5H,6H2,1H3. The normalized spacial score (nSPS) is 14.9. The number of hydrogen-bond acceptors (Lipinski definition) is 3. The molecule has 1 aliphatic heterocycles. The van der Waals surface area contributed by atoms with Crippen LogP contribution in [0, 0.1) is 0 Å². The Kier molecular flexibility index (Phi) is 2.18. The topological polar surface area (TPSA) is 47.9 Å². The Hall–Kier alpha value is -1.84. The lowest BCUT2D eigenvalue weighted by Crippen LogP contribution is -2.01. The van der Waals surface area contributed by atoms with Crippen molar-refractivity contribution < 1.29 is 14.3 Å². The summed E-state index contributed by atoms with van der Waals surface area (Å²) in [4.78, 5) is 14.6. The van der Waals surface area contributed by atoms with Crippen molar-refractivity contribution in [1.82, 2.24) is 0 Å². The van der Waals surface area contributed by atoms with E-state index in [2.05, 4.69) is 4.99 Å². The molecule has 0 atom stereocenters. The SMILES string of the molecule is COc1cccc(C2=NC(=O)CO2)c1. The summed E-state index contributed by atoms with van der Waals surface area (Å²) in [5.74, 6) is 0.838. The quantitative estimate of drug-likeness (QED) is 0.700. The molecule has 0 saturated heterocycles. The van der Waals surface area contributed by atoms with Gasteiger partial charge in [-0.2, -0.15) is 4.99 Å². The molecule has 0 bridgehead atoms. The fraction of sp³-hybridized carbons (Fsp3) is 0.200. The van der Waals surface area contributed by atoms with Gasteiger partial charge in [-0.25, -0.2) is 0 Å². The Balaban J connectivity index is 2.32. The molecule has 0 aromatic heterocycles. The van der Waals surface area contributed by atoms with Crippen LogP contribution in [0.1, 0.15) is 5.56 Å². The van der Waals surface area contributed by atoms with Gasteiger partial charge in [0.15, 0.2) is 6.61 Å². The third kappa shape index (κ3) is 1.59. The van der Waals surface area contributed by atoms with Gasteiger partial charge >= 0.3 is 0 Å². The van der Waals surface area contributed by atoms with Crippen molar-refractivity contribution in [3.63, 3.8) is 0 Å². The van der Waals surface area contributed by atoms with Gasteiger partial charge < -0.3 is 9.47 Å². The molecule has 4 nitrogen and oxygen atoms in total. The third-order valence-electron chi connectivity index (χ3n) is 1.88. The van der Waals surface area contributed by atoms with Crippen LogP contribution in [0.3, 0.4) is 0 Å². The van der Waals surface area contributed by atoms with E-state index < -0.39 is 0 Å². The Bertz CT molecular complexity index is 398. The number of hydrogen-bond donors (Lipinski definition) is 0. The van der Waals surface area contributed by atoms with E-state index in [1.54, 1.807) is 13.2 Å². The maximum absolute atomic E-state index is 10.8. The average molecular weight is 191 g/mol. The Labute approximate surface area is 81.2 Å². The highest BCUT2D eigenvalue weighted by Crippen LogP contribution is 2.15. The minimum absolute atomic E-state index is 0.0343. The first-order valence-electron chi connectivity index (χ1n) is 4.18. The van der Waals surface area contributed by atoms with Crippen LogP contribution in [-0.2, 0) is 9.53 Å². The lowest BCUT2D eigenvalue weighted by atomic mass is 10.2. The molecule has 1 heterocycles. The van der Waals surface area contributed by atoms with Crippen LogP contribution >= 0.6 is 0 Å². The molecule has 1 aromatic carbocycles. The molecule has 14 heavy (non-hydrogen) atoms. The molecule has 72 valence electrons. The number of rotatable bonds is 2. The lowest BCUT2D eigenvalue weighted by Gasteiger charge is -2.03. The zero-order valence-corrected chi connectivity index (χ0v) is 7.69. The number of carbonyl (C=O) groups excluding carboxylic acids is 1. The van der Waals surface area contributed by atoms with Gasteiger partial charge in [-0.3, -0.25) is 4.79 Å². The summed E-state index contributed by atoms with van der Waals surface area (Å²) in [6.07, 6.45) is 0. The van der Waals surface area contributed by atoms with Crippen LogP contribution in [0.4, 0.5) is 0 Å². The van der Waals surface area contributed by atoms with Gasteiger partial charge in [0.05, 0.1) is 7.11 Å². The number of nitrogens with zero attached hydrogens (tertiary/aromatic N) is 1. The first-order valence-corrected chi connectivity index (χ1v) is 4.18. The monoisotopic (exact) mass is 191 g/mol. The molecule has 1 amide bonds. The summed E-state index contributed by atoms with van der Waals surface area (Å²) < 4.78 is 10.1. The van der Waals surface area contributed by atoms with E-state index in [1.165, 1.54) is 0 Å². The molecule has 0 saturated carbocycles. The predicted octanol–water partition coefficient (Wildman–Crippen LogP) is 0.999. The van der Waals surface area contributed by atoms with Crippen LogP contribution in [0.5, 0.6) is 5.75 Å². The Morgan fingerprint density at radius 1 is 1.50 bits per heavy atom. The van der Waals surface area contributed by atoms with Crippen molar-refractivity contribution in [1.29, 1.82) is 0 Å². The maximum Gasteiger partial charge on any atom is 0.286 e. The number of aliphatic imine (C=N–C) groups is 1. The molecule has 0 unspecified atom stereocenters. The van der Waals surface area contributed by atoms with Crippen LogP contribution < -0.4 is 4.74 Å². The van der Waals surface area contributed by atoms with Gasteiger partial charge in [0.2, 0.25) is 5.90 Å². The second kappa shape index (κ2) is 3.49. The molecule has 0 fully saturated rings. The number of benzene rings is 1. The highest BCUT2D eigenvalue weighted by molar-refractivity contribution is 6.06. The van der Waals surface area contributed by atoms with E-state index in [9.17, 15) is 4.79 Å². The molecule has 2 rings (SSSR count). The molecule has 4 heteroatoms. The van der Waals surface area contributed by atoms with Crippen LogP contribution in [0.25, 0.3) is 0 Å². The second-order valence-electron chi connectivity index (χ2n) is 2.83. The van der Waals surface area contributed by atoms with Gasteiger partial charge in [0, 0.05) is 5.56 Å². The van der Waals surface area contributed by atoms with E-state index in [4.69, 9.17) is 9.47 Å². The highest BCUT2D eigenvalue weighted by Gasteiger charge is 2.16. The van der Waals surface area contributed by atoms with E-state index in [0.717, 1.165) is 5.56 Å². The molecule has 0 radical (unpaired) electrons. The van der Waals surface area contributed by atoms with Crippen LogP contribution in [0.2, 0.25) is 0 Å². The number of carbonyl (C=O) groups is 1. The van der Waals surface area contributed by atoms with Gasteiger partial charge in [-0.15, -0.1) is 0 Å². The minimum atomic E-state index is -0.247. The van der Waals surface area contributed by atoms with Gasteiger partial charge in [-0.05, 0) is 18.2 Å². The van der Waals surface area contributed by atoms with Crippen LogP contribution in [-0.4, -0.2) is 25.5 Å². The first kappa shape index (κ1) is 8.74. The van der Waals surface area contributed by atoms with E-state index in [0.29, 0.717) is 11.6 Å². The van der Waals surface area contributed by atoms with Gasteiger partial charge in [-0.1, -0.05) is 6.07 Å². The highest BCUT2D eigenvalue weighted by atomic mass is 16.5. The average Bonchev–Trinajstić information content (AvgIpc) is 2.65. The van der Waals surface area contributed by atoms with Crippen molar-refractivity contribution in [2.45, 2.75) is 0 Å². The Morgan fingerprint density at radius 2 is 2.36 bits per heavy atom. The molecule has 0 spiro atoms. The Morgan fingerprint density at radius 3 is 3.00 bits per heavy atom. The summed E-state index contributed by atoms with van der Waals surface area (Å²) in [5.41, 5.74) is 0.759. The van der Waals surface area contributed by atoms with E-state index in [1.807, 2.05) is 18.2 Å². The largest absolute Gasteiger partial charge is 0.497 e. The van der Waals surface area contributed by atoms with E-state index in [-0.39, 0.29) is 12.5 Å². The molecular weight excluding hydrogens is 182 g/mol. The van der Waals surface area contributed by atoms with Crippen molar-refractivity contribution in [2.75, 3.05) is 13.7 Å². The van der Waals surface area contributed by atoms with Crippen molar-refractivity contribution in [3.8, 4) is 5.75 Å². The summed E-state index contributed by atoms with van der Waals surface area (Å²) in [6.45, 7) is 0.0343. The van der Waals surface area contributed by atoms with E-state index >= 15 is 0 Å². The zero-order valence-electron chi connectivity index (χ0n) is 7.69. The second-order valence-corrected chi connectivity index (χ2v) is 2.83. The summed E-state index contributed by atoms with van der Waals surface area (Å²) in [6, 6.07) is 7.24. The smallest absolute Gasteiger partial charge is 0.286 e. The number of methoxy groups -OCH3 is 1. The molecule has 0 N–H and O–H groups in total. The van der Waals surface area contributed by atoms with Crippen molar-refractivity contribution in [2.24, 2.45) is 4.99 Å². The maximum atomic E-state index is 10.8. The zero-order chi connectivity index (χ0) is 9.97. The number of ether oxygens (including phenoxy) is 2. The van der Waals surface area contributed by atoms with Crippen molar-refractivity contribution in [3.05, 3.63) is 29.8 Å². The minimum Gasteiger partial charge on any atom is -0.497 e. The van der Waals surface area contributed by atoms with Crippen LogP contribution in [0.15, 0.2) is 29.3 Å². The first-order chi connectivity index (χ1) is 6.79. The molecule has 0 aliphatic carbocycles. The molecular formula is C10H9NO3. The summed E-state index contributed by atoms with van der Waals surface area (Å²) >= 11 is 0. The van der Waals surface area contributed by atoms with Gasteiger partial charge in [0.25, 0.3) is 5.91 Å². The number of amides is 1. The van der Waals surface area contributed by atoms with Crippen molar-refractivity contribution >= 4 is 11.8 Å². The predicted molar refractivity (Wildman–Crippen MR) is 50.5 cm³/mol. The fourth-order valence-corrected chi connectivity index (χ4v) is 1.21. The molecule has 1 aromatic rings. The third-order valence-corrected chi connectivity index (χ3v) is 1.88. The molecule has 1 aliphatic rings. The summed E-state index contributed by atoms with van der Waals surface area (Å²) in [5, 5.41) is 0. The fourth-order valence-electron chi connectivity index (χ4n) is 1.21. The van der Waals surface area contributed by atoms with Gasteiger partial charge in [0.1, 0.15) is 5.75 Å². The summed E-state index contributed by atoms with van der Waals surface area (Å²) in [7, 11) is 1.58. The lowest BCUT2D eigenvalue weighted by molar-refractivity contribution is -0.118.